The molecule has 0 atom stereocenters. The molecule has 0 bridgehead atoms. The molecule has 1 saturated carbocycles. The van der Waals surface area contributed by atoms with Gasteiger partial charge in [0.25, 0.3) is 10.0 Å². The predicted octanol–water partition coefficient (Wildman–Crippen LogP) is 4.58. The Morgan fingerprint density at radius 2 is 1.70 bits per heavy atom. The topological polar surface area (TPSA) is 75.3 Å². The maximum absolute atomic E-state index is 12.8. The number of carbonyl (C=O) groups is 1. The quantitative estimate of drug-likeness (QED) is 0.649. The molecule has 0 saturated heterocycles. The van der Waals surface area contributed by atoms with Gasteiger partial charge in [-0.25, -0.2) is 8.42 Å². The molecule has 5 nitrogen and oxygen atoms in total. The fourth-order valence-electron chi connectivity index (χ4n) is 3.22. The lowest BCUT2D eigenvalue weighted by molar-refractivity contribution is -0.137. The van der Waals surface area contributed by atoms with Crippen LogP contribution in [0.15, 0.2) is 59.5 Å². The van der Waals surface area contributed by atoms with E-state index in [1.165, 1.54) is 36.4 Å². The SMILES string of the molecule is O=C(C=Cc1ccc(S(=O)(=O)Nc2cccc(C(F)(F)F)c2)cc1)NC1CCCC1. The van der Waals surface area contributed by atoms with Crippen LogP contribution < -0.4 is 10.0 Å². The molecule has 0 aliphatic heterocycles. The molecule has 1 aliphatic rings. The number of rotatable bonds is 6. The second-order valence-corrected chi connectivity index (χ2v) is 8.76. The largest absolute Gasteiger partial charge is 0.416 e. The molecule has 30 heavy (non-hydrogen) atoms. The Hall–Kier alpha value is -2.81. The number of benzene rings is 2. The van der Waals surface area contributed by atoms with Gasteiger partial charge in [0.1, 0.15) is 0 Å². The fraction of sp³-hybridized carbons (Fsp3) is 0.286. The summed E-state index contributed by atoms with van der Waals surface area (Å²) in [6, 6.07) is 9.85. The zero-order valence-corrected chi connectivity index (χ0v) is 16.8. The Morgan fingerprint density at radius 3 is 2.33 bits per heavy atom. The molecular formula is C21H21F3N2O3S. The molecule has 160 valence electrons. The summed E-state index contributed by atoms with van der Waals surface area (Å²) in [5.41, 5.74) is -0.508. The molecule has 1 aliphatic carbocycles. The van der Waals surface area contributed by atoms with Gasteiger partial charge in [0.05, 0.1) is 10.5 Å². The van der Waals surface area contributed by atoms with Crippen LogP contribution in [0.25, 0.3) is 6.08 Å². The normalized spacial score (nSPS) is 15.4. The van der Waals surface area contributed by atoms with Crippen molar-refractivity contribution in [2.75, 3.05) is 4.72 Å². The van der Waals surface area contributed by atoms with Crippen LogP contribution in [0, 0.1) is 0 Å². The van der Waals surface area contributed by atoms with Crippen molar-refractivity contribution in [1.82, 2.24) is 5.32 Å². The lowest BCUT2D eigenvalue weighted by Crippen LogP contribution is -2.30. The van der Waals surface area contributed by atoms with Crippen LogP contribution >= 0.6 is 0 Å². The molecule has 3 rings (SSSR count). The van der Waals surface area contributed by atoms with E-state index in [1.807, 2.05) is 0 Å². The lowest BCUT2D eigenvalue weighted by Gasteiger charge is -2.11. The number of sulfonamides is 1. The van der Waals surface area contributed by atoms with E-state index in [0.29, 0.717) is 5.56 Å². The van der Waals surface area contributed by atoms with Crippen molar-refractivity contribution in [2.45, 2.75) is 42.8 Å². The van der Waals surface area contributed by atoms with Gasteiger partial charge in [-0.2, -0.15) is 13.2 Å². The number of halogens is 3. The molecule has 0 radical (unpaired) electrons. The molecule has 1 amide bonds. The Kier molecular flexibility index (Phi) is 6.50. The maximum Gasteiger partial charge on any atom is 0.416 e. The number of nitrogens with one attached hydrogen (secondary N) is 2. The van der Waals surface area contributed by atoms with Gasteiger partial charge in [-0.15, -0.1) is 0 Å². The summed E-state index contributed by atoms with van der Waals surface area (Å²) in [6.45, 7) is 0. The van der Waals surface area contributed by atoms with Crippen LogP contribution in [-0.2, 0) is 21.0 Å². The van der Waals surface area contributed by atoms with Crippen molar-refractivity contribution < 1.29 is 26.4 Å². The van der Waals surface area contributed by atoms with Crippen LogP contribution in [0.4, 0.5) is 18.9 Å². The lowest BCUT2D eigenvalue weighted by atomic mass is 10.2. The van der Waals surface area contributed by atoms with Gasteiger partial charge in [0.15, 0.2) is 0 Å². The molecule has 0 aromatic heterocycles. The maximum atomic E-state index is 12.8. The van der Waals surface area contributed by atoms with Crippen LogP contribution in [-0.4, -0.2) is 20.4 Å². The molecule has 1 fully saturated rings. The third kappa shape index (κ3) is 5.85. The Balaban J connectivity index is 1.66. The highest BCUT2D eigenvalue weighted by Gasteiger charge is 2.30. The molecule has 0 heterocycles. The zero-order chi connectivity index (χ0) is 21.8. The van der Waals surface area contributed by atoms with E-state index in [2.05, 4.69) is 10.0 Å². The third-order valence-electron chi connectivity index (χ3n) is 4.76. The van der Waals surface area contributed by atoms with Crippen molar-refractivity contribution in [1.29, 1.82) is 0 Å². The first-order valence-corrected chi connectivity index (χ1v) is 10.9. The molecule has 2 aromatic carbocycles. The van der Waals surface area contributed by atoms with Crippen molar-refractivity contribution in [3.8, 4) is 0 Å². The summed E-state index contributed by atoms with van der Waals surface area (Å²) >= 11 is 0. The Bertz CT molecular complexity index is 1030. The van der Waals surface area contributed by atoms with Gasteiger partial charge < -0.3 is 5.32 Å². The molecule has 0 spiro atoms. The Morgan fingerprint density at radius 1 is 1.03 bits per heavy atom. The summed E-state index contributed by atoms with van der Waals surface area (Å²) < 4.78 is 65.5. The van der Waals surface area contributed by atoms with E-state index in [1.54, 1.807) is 6.08 Å². The summed E-state index contributed by atoms with van der Waals surface area (Å²) in [7, 11) is -4.06. The highest BCUT2D eigenvalue weighted by Crippen LogP contribution is 2.31. The number of hydrogen-bond donors (Lipinski definition) is 2. The monoisotopic (exact) mass is 438 g/mol. The highest BCUT2D eigenvalue weighted by molar-refractivity contribution is 7.92. The van der Waals surface area contributed by atoms with Crippen molar-refractivity contribution >= 4 is 27.7 Å². The van der Waals surface area contributed by atoms with Crippen molar-refractivity contribution in [2.24, 2.45) is 0 Å². The van der Waals surface area contributed by atoms with Gasteiger partial charge in [-0.1, -0.05) is 31.0 Å². The van der Waals surface area contributed by atoms with E-state index < -0.39 is 21.8 Å². The van der Waals surface area contributed by atoms with E-state index in [0.717, 1.165) is 43.9 Å². The van der Waals surface area contributed by atoms with Crippen LogP contribution in [0.2, 0.25) is 0 Å². The number of hydrogen-bond acceptors (Lipinski definition) is 3. The predicted molar refractivity (Wildman–Crippen MR) is 108 cm³/mol. The molecule has 2 aromatic rings. The number of carbonyl (C=O) groups excluding carboxylic acids is 1. The van der Waals surface area contributed by atoms with Crippen LogP contribution in [0.3, 0.4) is 0 Å². The molecule has 2 N–H and O–H groups in total. The first kappa shape index (κ1) is 21.9. The second kappa shape index (κ2) is 8.91. The standard InChI is InChI=1S/C21H21F3N2O3S/c22-21(23,24)16-4-3-7-18(14-16)26-30(28,29)19-11-8-15(9-12-19)10-13-20(27)25-17-5-1-2-6-17/h3-4,7-14,17,26H,1-2,5-6H2,(H,25,27). The van der Waals surface area contributed by atoms with E-state index >= 15 is 0 Å². The Labute approximate surface area is 173 Å². The van der Waals surface area contributed by atoms with Crippen molar-refractivity contribution in [3.63, 3.8) is 0 Å². The summed E-state index contributed by atoms with van der Waals surface area (Å²) in [6.07, 6.45) is 2.57. The van der Waals surface area contributed by atoms with E-state index in [-0.39, 0.29) is 22.5 Å². The van der Waals surface area contributed by atoms with Crippen molar-refractivity contribution in [3.05, 3.63) is 65.7 Å². The summed E-state index contributed by atoms with van der Waals surface area (Å²) in [5, 5.41) is 2.92. The van der Waals surface area contributed by atoms with Gasteiger partial charge in [-0.05, 0) is 54.8 Å². The van der Waals surface area contributed by atoms with Gasteiger partial charge in [-0.3, -0.25) is 9.52 Å². The number of anilines is 1. The van der Waals surface area contributed by atoms with Gasteiger partial charge in [0, 0.05) is 17.8 Å². The van der Waals surface area contributed by atoms with Crippen LogP contribution in [0.1, 0.15) is 36.8 Å². The average Bonchev–Trinajstić information content (AvgIpc) is 3.19. The minimum absolute atomic E-state index is 0.104. The smallest absolute Gasteiger partial charge is 0.350 e. The number of alkyl halides is 3. The molecule has 0 unspecified atom stereocenters. The minimum atomic E-state index is -4.57. The van der Waals surface area contributed by atoms with Crippen LogP contribution in [0.5, 0.6) is 0 Å². The average molecular weight is 438 g/mol. The van der Waals surface area contributed by atoms with E-state index in [9.17, 15) is 26.4 Å². The summed E-state index contributed by atoms with van der Waals surface area (Å²) in [4.78, 5) is 11.8. The second-order valence-electron chi connectivity index (χ2n) is 7.08. The fourth-order valence-corrected chi connectivity index (χ4v) is 4.27. The number of amides is 1. The highest BCUT2D eigenvalue weighted by atomic mass is 32.2. The van der Waals surface area contributed by atoms with Gasteiger partial charge in [0.2, 0.25) is 5.91 Å². The van der Waals surface area contributed by atoms with E-state index in [4.69, 9.17) is 0 Å². The zero-order valence-electron chi connectivity index (χ0n) is 15.9. The minimum Gasteiger partial charge on any atom is -0.350 e. The first-order chi connectivity index (χ1) is 14.1. The molecule has 9 heteroatoms. The third-order valence-corrected chi connectivity index (χ3v) is 6.16. The van der Waals surface area contributed by atoms with Gasteiger partial charge >= 0.3 is 6.18 Å². The molecular weight excluding hydrogens is 417 g/mol. The summed E-state index contributed by atoms with van der Waals surface area (Å²) in [5.74, 6) is -0.204. The first-order valence-electron chi connectivity index (χ1n) is 9.42.